The lowest BCUT2D eigenvalue weighted by atomic mass is 10.2. The Kier molecular flexibility index (Phi) is 3.03. The molecular formula is C14H8ClFN2O3. The first-order chi connectivity index (χ1) is 9.97. The number of aromatic amines is 1. The number of aromatic carboxylic acids is 1. The zero-order chi connectivity index (χ0) is 15.1. The summed E-state index contributed by atoms with van der Waals surface area (Å²) in [4.78, 5) is 25.6. The van der Waals surface area contributed by atoms with Crippen molar-refractivity contribution in [2.75, 3.05) is 0 Å². The molecule has 0 aliphatic heterocycles. The fourth-order valence-corrected chi connectivity index (χ4v) is 2.40. The second-order valence-corrected chi connectivity index (χ2v) is 4.81. The van der Waals surface area contributed by atoms with Crippen LogP contribution in [0.15, 0.2) is 41.2 Å². The van der Waals surface area contributed by atoms with E-state index in [9.17, 15) is 14.0 Å². The molecule has 2 aromatic carbocycles. The summed E-state index contributed by atoms with van der Waals surface area (Å²) in [5.41, 5.74) is 0.707. The molecule has 1 aromatic heterocycles. The van der Waals surface area contributed by atoms with Gasteiger partial charge >= 0.3 is 11.7 Å². The Bertz CT molecular complexity index is 930. The van der Waals surface area contributed by atoms with Crippen molar-refractivity contribution in [2.24, 2.45) is 0 Å². The number of carboxylic acids is 1. The molecule has 0 unspecified atom stereocenters. The number of H-pyrrole nitrogens is 1. The number of aromatic nitrogens is 2. The van der Waals surface area contributed by atoms with Crippen LogP contribution in [0.4, 0.5) is 4.39 Å². The van der Waals surface area contributed by atoms with Crippen molar-refractivity contribution < 1.29 is 14.3 Å². The first kappa shape index (κ1) is 13.4. The second kappa shape index (κ2) is 4.75. The van der Waals surface area contributed by atoms with Crippen LogP contribution in [-0.2, 0) is 0 Å². The van der Waals surface area contributed by atoms with Gasteiger partial charge in [-0.15, -0.1) is 0 Å². The summed E-state index contributed by atoms with van der Waals surface area (Å²) in [5, 5.41) is 9.03. The average molecular weight is 307 g/mol. The van der Waals surface area contributed by atoms with Crippen molar-refractivity contribution in [3.8, 4) is 5.69 Å². The number of rotatable bonds is 2. The van der Waals surface area contributed by atoms with Gasteiger partial charge in [0.15, 0.2) is 0 Å². The first-order valence-corrected chi connectivity index (χ1v) is 6.28. The predicted octanol–water partition coefficient (Wildman–Crippen LogP) is 2.81. The van der Waals surface area contributed by atoms with E-state index in [1.807, 2.05) is 0 Å². The molecule has 3 rings (SSSR count). The van der Waals surface area contributed by atoms with E-state index < -0.39 is 17.5 Å². The topological polar surface area (TPSA) is 75.1 Å². The second-order valence-electron chi connectivity index (χ2n) is 4.40. The monoisotopic (exact) mass is 306 g/mol. The minimum Gasteiger partial charge on any atom is -0.478 e. The molecule has 106 valence electrons. The Morgan fingerprint density at radius 2 is 2.00 bits per heavy atom. The van der Waals surface area contributed by atoms with Crippen molar-refractivity contribution in [1.29, 1.82) is 0 Å². The molecule has 21 heavy (non-hydrogen) atoms. The van der Waals surface area contributed by atoms with Crippen LogP contribution < -0.4 is 5.69 Å². The van der Waals surface area contributed by atoms with Gasteiger partial charge < -0.3 is 10.1 Å². The molecule has 0 aliphatic carbocycles. The average Bonchev–Trinajstić information content (AvgIpc) is 2.74. The highest BCUT2D eigenvalue weighted by Gasteiger charge is 2.14. The van der Waals surface area contributed by atoms with Crippen LogP contribution in [0.1, 0.15) is 10.4 Å². The highest BCUT2D eigenvalue weighted by atomic mass is 35.5. The maximum Gasteiger partial charge on any atom is 0.335 e. The Balaban J connectivity index is 2.30. The molecule has 3 aromatic rings. The minimum absolute atomic E-state index is 0.0566. The maximum atomic E-state index is 13.1. The number of fused-ring (bicyclic) bond motifs is 1. The molecule has 7 heteroatoms. The van der Waals surface area contributed by atoms with Gasteiger partial charge in [0.25, 0.3) is 0 Å². The molecule has 0 saturated heterocycles. The summed E-state index contributed by atoms with van der Waals surface area (Å²) >= 11 is 5.97. The van der Waals surface area contributed by atoms with Crippen LogP contribution in [0, 0.1) is 5.82 Å². The van der Waals surface area contributed by atoms with E-state index >= 15 is 0 Å². The predicted molar refractivity (Wildman–Crippen MR) is 75.8 cm³/mol. The summed E-state index contributed by atoms with van der Waals surface area (Å²) < 4.78 is 14.4. The number of imidazole rings is 1. The third-order valence-corrected chi connectivity index (χ3v) is 3.38. The van der Waals surface area contributed by atoms with Crippen LogP contribution in [-0.4, -0.2) is 20.6 Å². The van der Waals surface area contributed by atoms with Crippen LogP contribution >= 0.6 is 11.6 Å². The standard InChI is InChI=1S/C14H8ClFN2O3/c15-9-6-8(16)2-4-11(9)18-12-3-1-7(13(19)20)5-10(12)17-14(18)21/h1-6H,(H,17,21)(H,19,20). The number of halogens is 2. The molecule has 0 fully saturated rings. The molecule has 1 heterocycles. The van der Waals surface area contributed by atoms with E-state index in [0.29, 0.717) is 16.7 Å². The van der Waals surface area contributed by atoms with Gasteiger partial charge in [-0.1, -0.05) is 11.6 Å². The smallest absolute Gasteiger partial charge is 0.335 e. The van der Waals surface area contributed by atoms with Crippen molar-refractivity contribution in [1.82, 2.24) is 9.55 Å². The quantitative estimate of drug-likeness (QED) is 0.764. The normalized spacial score (nSPS) is 11.0. The molecular weight excluding hydrogens is 299 g/mol. The van der Waals surface area contributed by atoms with E-state index in [1.54, 1.807) is 0 Å². The maximum absolute atomic E-state index is 13.1. The van der Waals surface area contributed by atoms with E-state index in [0.717, 1.165) is 6.07 Å². The molecule has 0 spiro atoms. The summed E-state index contributed by atoms with van der Waals surface area (Å²) in [6, 6.07) is 7.92. The van der Waals surface area contributed by atoms with E-state index in [2.05, 4.69) is 4.98 Å². The molecule has 0 aliphatic rings. The van der Waals surface area contributed by atoms with E-state index in [1.165, 1.54) is 34.9 Å². The van der Waals surface area contributed by atoms with Gasteiger partial charge in [0.2, 0.25) is 0 Å². The number of nitrogens with zero attached hydrogens (tertiary/aromatic N) is 1. The van der Waals surface area contributed by atoms with Crippen molar-refractivity contribution in [3.63, 3.8) is 0 Å². The van der Waals surface area contributed by atoms with Crippen LogP contribution in [0.5, 0.6) is 0 Å². The SMILES string of the molecule is O=C(O)c1ccc2c(c1)[nH]c(=O)n2-c1ccc(F)cc1Cl. The minimum atomic E-state index is -1.09. The number of carboxylic acid groups (broad SMARTS) is 1. The number of benzene rings is 2. The van der Waals surface area contributed by atoms with Crippen LogP contribution in [0.25, 0.3) is 16.7 Å². The third kappa shape index (κ3) is 2.19. The van der Waals surface area contributed by atoms with Crippen LogP contribution in [0.2, 0.25) is 5.02 Å². The summed E-state index contributed by atoms with van der Waals surface area (Å²) in [5.74, 6) is -1.60. The number of hydrogen-bond acceptors (Lipinski definition) is 2. The van der Waals surface area contributed by atoms with Crippen LogP contribution in [0.3, 0.4) is 0 Å². The summed E-state index contributed by atoms with van der Waals surface area (Å²) in [6.45, 7) is 0. The van der Waals surface area contributed by atoms with Gasteiger partial charge in [0.05, 0.1) is 27.3 Å². The zero-order valence-electron chi connectivity index (χ0n) is 10.4. The summed E-state index contributed by atoms with van der Waals surface area (Å²) in [7, 11) is 0. The van der Waals surface area contributed by atoms with Gasteiger partial charge in [0.1, 0.15) is 5.82 Å². The molecule has 0 bridgehead atoms. The lowest BCUT2D eigenvalue weighted by Crippen LogP contribution is -2.15. The lowest BCUT2D eigenvalue weighted by molar-refractivity contribution is 0.0697. The van der Waals surface area contributed by atoms with Gasteiger partial charge in [0, 0.05) is 0 Å². The molecule has 0 saturated carbocycles. The molecule has 0 amide bonds. The zero-order valence-corrected chi connectivity index (χ0v) is 11.2. The highest BCUT2D eigenvalue weighted by Crippen LogP contribution is 2.24. The Labute approximate surface area is 122 Å². The Morgan fingerprint density at radius 1 is 1.24 bits per heavy atom. The van der Waals surface area contributed by atoms with Crippen molar-refractivity contribution in [2.45, 2.75) is 0 Å². The van der Waals surface area contributed by atoms with Gasteiger partial charge in [-0.3, -0.25) is 4.57 Å². The first-order valence-electron chi connectivity index (χ1n) is 5.91. The number of nitrogens with one attached hydrogen (secondary N) is 1. The van der Waals surface area contributed by atoms with E-state index in [4.69, 9.17) is 16.7 Å². The fourth-order valence-electron chi connectivity index (χ4n) is 2.15. The van der Waals surface area contributed by atoms with Crippen molar-refractivity contribution in [3.05, 3.63) is 63.3 Å². The number of hydrogen-bond donors (Lipinski definition) is 2. The summed E-state index contributed by atoms with van der Waals surface area (Å²) in [6.07, 6.45) is 0. The molecule has 2 N–H and O–H groups in total. The van der Waals surface area contributed by atoms with Gasteiger partial charge in [-0.25, -0.2) is 14.0 Å². The lowest BCUT2D eigenvalue weighted by Gasteiger charge is -2.06. The van der Waals surface area contributed by atoms with E-state index in [-0.39, 0.29) is 10.6 Å². The van der Waals surface area contributed by atoms with Crippen molar-refractivity contribution >= 4 is 28.6 Å². The molecule has 0 atom stereocenters. The Hall–Kier alpha value is -2.60. The van der Waals surface area contributed by atoms with Gasteiger partial charge in [-0.05, 0) is 36.4 Å². The number of carbonyl (C=O) groups is 1. The highest BCUT2D eigenvalue weighted by molar-refractivity contribution is 6.32. The largest absolute Gasteiger partial charge is 0.478 e. The van der Waals surface area contributed by atoms with Gasteiger partial charge in [-0.2, -0.15) is 0 Å². The molecule has 0 radical (unpaired) electrons. The molecule has 5 nitrogen and oxygen atoms in total. The fraction of sp³-hybridized carbons (Fsp3) is 0. The third-order valence-electron chi connectivity index (χ3n) is 3.08. The Morgan fingerprint density at radius 3 is 2.67 bits per heavy atom.